The van der Waals surface area contributed by atoms with Gasteiger partial charge in [-0.3, -0.25) is 9.69 Å². The van der Waals surface area contributed by atoms with Gasteiger partial charge in [-0.15, -0.1) is 0 Å². The van der Waals surface area contributed by atoms with E-state index in [0.717, 1.165) is 52.0 Å². The first-order chi connectivity index (χ1) is 11.0. The van der Waals surface area contributed by atoms with Crippen molar-refractivity contribution in [1.29, 1.82) is 0 Å². The molecule has 0 atom stereocenters. The minimum Gasteiger partial charge on any atom is -0.356 e. The molecule has 4 nitrogen and oxygen atoms in total. The van der Waals surface area contributed by atoms with E-state index in [1.54, 1.807) is 0 Å². The van der Waals surface area contributed by atoms with Crippen LogP contribution < -0.4 is 5.32 Å². The van der Waals surface area contributed by atoms with Crippen molar-refractivity contribution in [3.63, 3.8) is 0 Å². The molecule has 0 aliphatic carbocycles. The van der Waals surface area contributed by atoms with Crippen molar-refractivity contribution in [1.82, 2.24) is 15.1 Å². The third kappa shape index (κ3) is 6.32. The second-order valence-corrected chi connectivity index (χ2v) is 6.99. The van der Waals surface area contributed by atoms with Crippen molar-refractivity contribution in [2.75, 3.05) is 40.3 Å². The second-order valence-electron chi connectivity index (χ2n) is 6.99. The zero-order valence-corrected chi connectivity index (χ0v) is 14.8. The van der Waals surface area contributed by atoms with E-state index < -0.39 is 0 Å². The lowest BCUT2D eigenvalue weighted by Gasteiger charge is -2.31. The maximum atomic E-state index is 12.2. The van der Waals surface area contributed by atoms with Crippen LogP contribution in [0.4, 0.5) is 0 Å². The molecule has 1 aromatic rings. The molecule has 23 heavy (non-hydrogen) atoms. The molecule has 1 aliphatic heterocycles. The van der Waals surface area contributed by atoms with E-state index in [-0.39, 0.29) is 11.8 Å². The average Bonchev–Trinajstić information content (AvgIpc) is 2.52. The smallest absolute Gasteiger partial charge is 0.223 e. The molecular formula is C19H31N3O. The summed E-state index contributed by atoms with van der Waals surface area (Å²) < 4.78 is 0. The van der Waals surface area contributed by atoms with Crippen LogP contribution >= 0.6 is 0 Å². The first-order valence-electron chi connectivity index (χ1n) is 8.75. The molecule has 0 radical (unpaired) electrons. The van der Waals surface area contributed by atoms with E-state index in [1.807, 2.05) is 0 Å². The Balaban J connectivity index is 1.68. The summed E-state index contributed by atoms with van der Waals surface area (Å²) in [6, 6.07) is 8.70. The number of rotatable bonds is 7. The summed E-state index contributed by atoms with van der Waals surface area (Å²) in [5.41, 5.74) is 2.69. The maximum Gasteiger partial charge on any atom is 0.223 e. The molecule has 0 saturated carbocycles. The molecule has 1 amide bonds. The molecule has 0 spiro atoms. The summed E-state index contributed by atoms with van der Waals surface area (Å²) in [6.07, 6.45) is 2.97. The number of aryl methyl sites for hydroxylation is 1. The van der Waals surface area contributed by atoms with Crippen LogP contribution in [0.1, 0.15) is 30.4 Å². The number of hydrogen-bond donors (Lipinski definition) is 1. The predicted molar refractivity (Wildman–Crippen MR) is 95.4 cm³/mol. The summed E-state index contributed by atoms with van der Waals surface area (Å²) in [5, 5.41) is 3.10. The SMILES string of the molecule is Cc1cccc(CN2CCC(C(=O)NCCCN(C)C)CC2)c1. The van der Waals surface area contributed by atoms with Crippen molar-refractivity contribution >= 4 is 5.91 Å². The summed E-state index contributed by atoms with van der Waals surface area (Å²) in [5.74, 6) is 0.446. The van der Waals surface area contributed by atoms with Crippen LogP contribution in [0.25, 0.3) is 0 Å². The fourth-order valence-corrected chi connectivity index (χ4v) is 3.17. The van der Waals surface area contributed by atoms with E-state index in [4.69, 9.17) is 0 Å². The Morgan fingerprint density at radius 1 is 1.30 bits per heavy atom. The molecule has 4 heteroatoms. The van der Waals surface area contributed by atoms with Crippen molar-refractivity contribution in [3.05, 3.63) is 35.4 Å². The van der Waals surface area contributed by atoms with Gasteiger partial charge in [-0.2, -0.15) is 0 Å². The van der Waals surface area contributed by atoms with Crippen LogP contribution in [0, 0.1) is 12.8 Å². The van der Waals surface area contributed by atoms with Gasteiger partial charge in [0.05, 0.1) is 0 Å². The molecule has 0 aromatic heterocycles. The minimum atomic E-state index is 0.197. The highest BCUT2D eigenvalue weighted by Gasteiger charge is 2.24. The molecule has 1 aliphatic rings. The van der Waals surface area contributed by atoms with Gasteiger partial charge in [0, 0.05) is 19.0 Å². The first-order valence-corrected chi connectivity index (χ1v) is 8.75. The molecule has 0 bridgehead atoms. The fraction of sp³-hybridized carbons (Fsp3) is 0.632. The number of hydrogen-bond acceptors (Lipinski definition) is 3. The van der Waals surface area contributed by atoms with E-state index in [9.17, 15) is 4.79 Å². The Morgan fingerprint density at radius 2 is 2.04 bits per heavy atom. The Kier molecular flexibility index (Phi) is 7.06. The lowest BCUT2D eigenvalue weighted by molar-refractivity contribution is -0.126. The van der Waals surface area contributed by atoms with Gasteiger partial charge in [-0.25, -0.2) is 0 Å². The number of carbonyl (C=O) groups is 1. The van der Waals surface area contributed by atoms with Gasteiger partial charge in [-0.05, 0) is 65.5 Å². The zero-order chi connectivity index (χ0) is 16.7. The van der Waals surface area contributed by atoms with Crippen LogP contribution in [-0.4, -0.2) is 56.0 Å². The summed E-state index contributed by atoms with van der Waals surface area (Å²) in [6.45, 7) is 6.98. The predicted octanol–water partition coefficient (Wildman–Crippen LogP) is 2.27. The topological polar surface area (TPSA) is 35.6 Å². The van der Waals surface area contributed by atoms with Crippen LogP contribution in [0.3, 0.4) is 0 Å². The molecule has 1 saturated heterocycles. The molecule has 1 heterocycles. The van der Waals surface area contributed by atoms with E-state index in [2.05, 4.69) is 60.4 Å². The molecule has 1 fully saturated rings. The fourth-order valence-electron chi connectivity index (χ4n) is 3.17. The summed E-state index contributed by atoms with van der Waals surface area (Å²) >= 11 is 0. The first kappa shape index (κ1) is 18.0. The highest BCUT2D eigenvalue weighted by molar-refractivity contribution is 5.78. The van der Waals surface area contributed by atoms with Gasteiger partial charge >= 0.3 is 0 Å². The van der Waals surface area contributed by atoms with Gasteiger partial charge in [-0.1, -0.05) is 29.8 Å². The normalized spacial score (nSPS) is 16.7. The lowest BCUT2D eigenvalue weighted by atomic mass is 9.95. The van der Waals surface area contributed by atoms with Gasteiger partial charge in [0.2, 0.25) is 5.91 Å². The van der Waals surface area contributed by atoms with E-state index in [0.29, 0.717) is 0 Å². The average molecular weight is 317 g/mol. The van der Waals surface area contributed by atoms with Crippen molar-refractivity contribution in [2.24, 2.45) is 5.92 Å². The third-order valence-corrected chi connectivity index (χ3v) is 4.53. The standard InChI is InChI=1S/C19H31N3O/c1-16-6-4-7-17(14-16)15-22-12-8-18(9-13-22)19(23)20-10-5-11-21(2)3/h4,6-7,14,18H,5,8-13,15H2,1-3H3,(H,20,23). The largest absolute Gasteiger partial charge is 0.356 e. The van der Waals surface area contributed by atoms with Crippen molar-refractivity contribution in [3.8, 4) is 0 Å². The van der Waals surface area contributed by atoms with Crippen molar-refractivity contribution in [2.45, 2.75) is 32.7 Å². The number of amides is 1. The van der Waals surface area contributed by atoms with E-state index in [1.165, 1.54) is 11.1 Å². The van der Waals surface area contributed by atoms with Gasteiger partial charge < -0.3 is 10.2 Å². The second kappa shape index (κ2) is 9.04. The zero-order valence-electron chi connectivity index (χ0n) is 14.8. The highest BCUT2D eigenvalue weighted by Crippen LogP contribution is 2.19. The van der Waals surface area contributed by atoms with Gasteiger partial charge in [0.1, 0.15) is 0 Å². The molecule has 1 aromatic carbocycles. The Morgan fingerprint density at radius 3 is 2.70 bits per heavy atom. The maximum absolute atomic E-state index is 12.2. The molecule has 0 unspecified atom stereocenters. The van der Waals surface area contributed by atoms with Crippen LogP contribution in [0.2, 0.25) is 0 Å². The summed E-state index contributed by atoms with van der Waals surface area (Å²) in [7, 11) is 4.12. The number of nitrogens with zero attached hydrogens (tertiary/aromatic N) is 2. The molecule has 128 valence electrons. The monoisotopic (exact) mass is 317 g/mol. The lowest BCUT2D eigenvalue weighted by Crippen LogP contribution is -2.40. The van der Waals surface area contributed by atoms with Gasteiger partial charge in [0.25, 0.3) is 0 Å². The van der Waals surface area contributed by atoms with E-state index >= 15 is 0 Å². The van der Waals surface area contributed by atoms with Crippen LogP contribution in [0.15, 0.2) is 24.3 Å². The minimum absolute atomic E-state index is 0.197. The summed E-state index contributed by atoms with van der Waals surface area (Å²) in [4.78, 5) is 16.8. The van der Waals surface area contributed by atoms with Crippen LogP contribution in [0.5, 0.6) is 0 Å². The number of benzene rings is 1. The number of carbonyl (C=O) groups excluding carboxylic acids is 1. The number of piperidine rings is 1. The third-order valence-electron chi connectivity index (χ3n) is 4.53. The number of likely N-dealkylation sites (tertiary alicyclic amines) is 1. The quantitative estimate of drug-likeness (QED) is 0.784. The highest BCUT2D eigenvalue weighted by atomic mass is 16.1. The van der Waals surface area contributed by atoms with Crippen LogP contribution in [-0.2, 0) is 11.3 Å². The van der Waals surface area contributed by atoms with Crippen molar-refractivity contribution < 1.29 is 4.79 Å². The Labute approximate surface area is 140 Å². The molecule has 1 N–H and O–H groups in total. The Bertz CT molecular complexity index is 493. The van der Waals surface area contributed by atoms with Gasteiger partial charge in [0.15, 0.2) is 0 Å². The Hall–Kier alpha value is -1.39. The number of nitrogens with one attached hydrogen (secondary N) is 1. The molecule has 2 rings (SSSR count). The molecular weight excluding hydrogens is 286 g/mol.